The van der Waals surface area contributed by atoms with E-state index < -0.39 is 0 Å². The van der Waals surface area contributed by atoms with E-state index >= 15 is 0 Å². The Kier molecular flexibility index (Phi) is 2.68. The molecule has 0 atom stereocenters. The van der Waals surface area contributed by atoms with Crippen molar-refractivity contribution in [3.05, 3.63) is 59.9 Å². The van der Waals surface area contributed by atoms with Crippen molar-refractivity contribution in [1.82, 2.24) is 0 Å². The lowest BCUT2D eigenvalue weighted by molar-refractivity contribution is 0.628. The van der Waals surface area contributed by atoms with E-state index in [1.807, 2.05) is 31.2 Å². The number of nitrogens with one attached hydrogen (secondary N) is 1. The summed E-state index contributed by atoms with van der Waals surface area (Å²) in [7, 11) is 0. The Morgan fingerprint density at radius 1 is 0.933 bits per heavy atom. The number of halogens is 1. The lowest BCUT2D eigenvalue weighted by atomic mass is 10.2. The molecule has 0 unspecified atom stereocenters. The van der Waals surface area contributed by atoms with Crippen molar-refractivity contribution < 1.29 is 4.39 Å². The van der Waals surface area contributed by atoms with Crippen LogP contribution in [0.15, 0.2) is 48.5 Å². The van der Waals surface area contributed by atoms with Gasteiger partial charge < -0.3 is 5.32 Å². The Balaban J connectivity index is 2.22. The minimum atomic E-state index is -0.217. The Morgan fingerprint density at radius 2 is 1.60 bits per heavy atom. The largest absolute Gasteiger partial charge is 0.355 e. The predicted octanol–water partition coefficient (Wildman–Crippen LogP) is 3.88. The van der Waals surface area contributed by atoms with Crippen LogP contribution in [0.25, 0.3) is 0 Å². The average Bonchev–Trinajstić information content (AvgIpc) is 2.25. The molecule has 0 aliphatic heterocycles. The molecule has 0 saturated heterocycles. The summed E-state index contributed by atoms with van der Waals surface area (Å²) in [5.41, 5.74) is 3.11. The normalized spacial score (nSPS) is 10.0. The molecule has 2 aromatic carbocycles. The number of benzene rings is 2. The second kappa shape index (κ2) is 4.13. The van der Waals surface area contributed by atoms with Crippen LogP contribution in [0.2, 0.25) is 0 Å². The Morgan fingerprint density at radius 3 is 2.27 bits per heavy atom. The fraction of sp³-hybridized carbons (Fsp3) is 0.0769. The van der Waals surface area contributed by atoms with Crippen molar-refractivity contribution in [2.24, 2.45) is 0 Å². The zero-order chi connectivity index (χ0) is 10.7. The first-order valence-corrected chi connectivity index (χ1v) is 4.84. The zero-order valence-electron chi connectivity index (χ0n) is 8.50. The van der Waals surface area contributed by atoms with E-state index in [1.165, 1.54) is 17.7 Å². The molecule has 0 aliphatic rings. The minimum Gasteiger partial charge on any atom is -0.355 e. The monoisotopic (exact) mass is 201 g/mol. The Labute approximate surface area is 88.6 Å². The highest BCUT2D eigenvalue weighted by Gasteiger charge is 1.97. The van der Waals surface area contributed by atoms with Gasteiger partial charge in [-0.1, -0.05) is 18.2 Å². The molecule has 0 aromatic heterocycles. The van der Waals surface area contributed by atoms with E-state index in [-0.39, 0.29) is 5.82 Å². The number of hydrogen-bond acceptors (Lipinski definition) is 1. The quantitative estimate of drug-likeness (QED) is 0.777. The molecule has 0 aliphatic carbocycles. The fourth-order valence-corrected chi connectivity index (χ4v) is 1.40. The first kappa shape index (κ1) is 9.71. The topological polar surface area (TPSA) is 12.0 Å². The maximum Gasteiger partial charge on any atom is 0.123 e. The lowest BCUT2D eigenvalue weighted by Gasteiger charge is -2.08. The first-order valence-electron chi connectivity index (χ1n) is 4.84. The number of aryl methyl sites for hydroxylation is 1. The van der Waals surface area contributed by atoms with Crippen LogP contribution in [0, 0.1) is 12.7 Å². The molecule has 0 saturated carbocycles. The van der Waals surface area contributed by atoms with Crippen molar-refractivity contribution in [3.8, 4) is 0 Å². The summed E-state index contributed by atoms with van der Waals surface area (Å²) in [5.74, 6) is -0.217. The summed E-state index contributed by atoms with van der Waals surface area (Å²) in [6.45, 7) is 2.03. The van der Waals surface area contributed by atoms with Crippen LogP contribution in [-0.4, -0.2) is 0 Å². The van der Waals surface area contributed by atoms with E-state index in [2.05, 4.69) is 5.32 Å². The van der Waals surface area contributed by atoms with E-state index in [0.717, 1.165) is 11.4 Å². The molecule has 15 heavy (non-hydrogen) atoms. The molecule has 0 radical (unpaired) electrons. The number of hydrogen-bond donors (Lipinski definition) is 1. The van der Waals surface area contributed by atoms with E-state index in [0.29, 0.717) is 0 Å². The lowest BCUT2D eigenvalue weighted by Crippen LogP contribution is -1.92. The molecule has 2 rings (SSSR count). The van der Waals surface area contributed by atoms with Crippen molar-refractivity contribution in [2.75, 3.05) is 5.32 Å². The van der Waals surface area contributed by atoms with E-state index in [9.17, 15) is 4.39 Å². The third kappa shape index (κ3) is 2.34. The van der Waals surface area contributed by atoms with Gasteiger partial charge in [0.05, 0.1) is 0 Å². The standard InChI is InChI=1S/C13H12FN/c1-10-4-2-3-5-13(10)15-12-8-6-11(14)7-9-12/h2-9,15H,1H3. The molecule has 0 bridgehead atoms. The molecule has 1 N–H and O–H groups in total. The van der Waals surface area contributed by atoms with Crippen LogP contribution in [0.3, 0.4) is 0 Å². The fourth-order valence-electron chi connectivity index (χ4n) is 1.40. The third-order valence-corrected chi connectivity index (χ3v) is 2.27. The maximum atomic E-state index is 12.7. The van der Waals surface area contributed by atoms with Crippen molar-refractivity contribution >= 4 is 11.4 Å². The van der Waals surface area contributed by atoms with Crippen molar-refractivity contribution in [1.29, 1.82) is 0 Å². The molecule has 2 aromatic rings. The molecule has 0 spiro atoms. The predicted molar refractivity (Wildman–Crippen MR) is 60.9 cm³/mol. The first-order chi connectivity index (χ1) is 7.25. The SMILES string of the molecule is Cc1ccccc1Nc1ccc(F)cc1. The molecule has 2 heteroatoms. The highest BCUT2D eigenvalue weighted by molar-refractivity contribution is 5.62. The van der Waals surface area contributed by atoms with Gasteiger partial charge in [0.2, 0.25) is 0 Å². The molecule has 0 heterocycles. The number of rotatable bonds is 2. The van der Waals surface area contributed by atoms with Crippen molar-refractivity contribution in [3.63, 3.8) is 0 Å². The molecule has 0 amide bonds. The Hall–Kier alpha value is -1.83. The van der Waals surface area contributed by atoms with E-state index in [1.54, 1.807) is 12.1 Å². The highest BCUT2D eigenvalue weighted by atomic mass is 19.1. The number of anilines is 2. The Bertz CT molecular complexity index is 448. The van der Waals surface area contributed by atoms with Gasteiger partial charge in [0.15, 0.2) is 0 Å². The van der Waals surface area contributed by atoms with Gasteiger partial charge in [0, 0.05) is 11.4 Å². The van der Waals surface area contributed by atoms with Crippen LogP contribution < -0.4 is 5.32 Å². The van der Waals surface area contributed by atoms with Crippen LogP contribution >= 0.6 is 0 Å². The van der Waals surface area contributed by atoms with Gasteiger partial charge in [-0.3, -0.25) is 0 Å². The molecule has 76 valence electrons. The van der Waals surface area contributed by atoms with E-state index in [4.69, 9.17) is 0 Å². The van der Waals surface area contributed by atoms with Crippen LogP contribution in [0.1, 0.15) is 5.56 Å². The average molecular weight is 201 g/mol. The second-order valence-electron chi connectivity index (χ2n) is 3.45. The summed E-state index contributed by atoms with van der Waals surface area (Å²) in [6.07, 6.45) is 0. The summed E-state index contributed by atoms with van der Waals surface area (Å²) < 4.78 is 12.7. The van der Waals surface area contributed by atoms with Gasteiger partial charge in [-0.2, -0.15) is 0 Å². The second-order valence-corrected chi connectivity index (χ2v) is 3.45. The van der Waals surface area contributed by atoms with Gasteiger partial charge in [-0.05, 0) is 42.8 Å². The minimum absolute atomic E-state index is 0.217. The maximum absolute atomic E-state index is 12.7. The number of para-hydroxylation sites is 1. The van der Waals surface area contributed by atoms with Gasteiger partial charge in [0.25, 0.3) is 0 Å². The molecule has 1 nitrogen and oxygen atoms in total. The van der Waals surface area contributed by atoms with Crippen molar-refractivity contribution in [2.45, 2.75) is 6.92 Å². The summed E-state index contributed by atoms with van der Waals surface area (Å²) in [4.78, 5) is 0. The summed E-state index contributed by atoms with van der Waals surface area (Å²) in [6, 6.07) is 14.3. The molecular formula is C13H12FN. The van der Waals surface area contributed by atoms with Crippen LogP contribution in [-0.2, 0) is 0 Å². The third-order valence-electron chi connectivity index (χ3n) is 2.27. The van der Waals surface area contributed by atoms with Crippen LogP contribution in [0.4, 0.5) is 15.8 Å². The smallest absolute Gasteiger partial charge is 0.123 e. The zero-order valence-corrected chi connectivity index (χ0v) is 8.50. The molecule has 0 fully saturated rings. The van der Waals surface area contributed by atoms with Gasteiger partial charge in [0.1, 0.15) is 5.82 Å². The van der Waals surface area contributed by atoms with Gasteiger partial charge >= 0.3 is 0 Å². The summed E-state index contributed by atoms with van der Waals surface area (Å²) >= 11 is 0. The van der Waals surface area contributed by atoms with Gasteiger partial charge in [-0.25, -0.2) is 4.39 Å². The van der Waals surface area contributed by atoms with Gasteiger partial charge in [-0.15, -0.1) is 0 Å². The highest BCUT2D eigenvalue weighted by Crippen LogP contribution is 2.19. The molecular weight excluding hydrogens is 189 g/mol. The summed E-state index contributed by atoms with van der Waals surface area (Å²) in [5, 5.41) is 3.23. The van der Waals surface area contributed by atoms with Crippen LogP contribution in [0.5, 0.6) is 0 Å².